The second-order valence-electron chi connectivity index (χ2n) is 4.24. The van der Waals surface area contributed by atoms with E-state index in [0.717, 1.165) is 0 Å². The van der Waals surface area contributed by atoms with E-state index in [1.54, 1.807) is 0 Å². The predicted molar refractivity (Wildman–Crippen MR) is 76.4 cm³/mol. The fraction of sp³-hybridized carbons (Fsp3) is 0.385. The average Bonchev–Trinajstić information content (AvgIpc) is 2.46. The summed E-state index contributed by atoms with van der Waals surface area (Å²) in [4.78, 5) is 22.6. The first kappa shape index (κ1) is 17.1. The number of amides is 1. The van der Waals surface area contributed by atoms with Gasteiger partial charge < -0.3 is 10.1 Å². The molecule has 2 N–H and O–H groups in total. The summed E-state index contributed by atoms with van der Waals surface area (Å²) in [6.45, 7) is 1.50. The van der Waals surface area contributed by atoms with Crippen LogP contribution in [0.2, 0.25) is 0 Å². The first-order valence-corrected chi connectivity index (χ1v) is 7.70. The van der Waals surface area contributed by atoms with Crippen molar-refractivity contribution in [3.63, 3.8) is 0 Å². The molecule has 1 aromatic rings. The lowest BCUT2D eigenvalue weighted by molar-refractivity contribution is -0.120. The Morgan fingerprint density at radius 2 is 1.95 bits per heavy atom. The van der Waals surface area contributed by atoms with Gasteiger partial charge in [-0.3, -0.25) is 4.79 Å². The standard InChI is InChI=1S/C13H18N2O5S/c1-9-10(13(17)20-3)5-4-6-11(9)21(18,19)15-8-7-12(16)14-2/h4-6,15H,7-8H2,1-3H3,(H,14,16). The number of carbonyl (C=O) groups excluding carboxylic acids is 2. The number of hydrogen-bond acceptors (Lipinski definition) is 5. The smallest absolute Gasteiger partial charge is 0.338 e. The van der Waals surface area contributed by atoms with Gasteiger partial charge in [0.2, 0.25) is 15.9 Å². The summed E-state index contributed by atoms with van der Waals surface area (Å²) in [6, 6.07) is 4.35. The number of methoxy groups -OCH3 is 1. The lowest BCUT2D eigenvalue weighted by Gasteiger charge is -2.11. The van der Waals surface area contributed by atoms with Gasteiger partial charge in [0.1, 0.15) is 0 Å². The number of benzene rings is 1. The lowest BCUT2D eigenvalue weighted by Crippen LogP contribution is -2.30. The Morgan fingerprint density at radius 3 is 2.52 bits per heavy atom. The summed E-state index contributed by atoms with van der Waals surface area (Å²) in [6.07, 6.45) is 0.0332. The maximum Gasteiger partial charge on any atom is 0.338 e. The van der Waals surface area contributed by atoms with Crippen molar-refractivity contribution in [3.8, 4) is 0 Å². The number of carbonyl (C=O) groups is 2. The van der Waals surface area contributed by atoms with Gasteiger partial charge in [-0.15, -0.1) is 0 Å². The normalized spacial score (nSPS) is 11.0. The van der Waals surface area contributed by atoms with Gasteiger partial charge in [0.05, 0.1) is 17.6 Å². The molecule has 7 nitrogen and oxygen atoms in total. The number of nitrogens with one attached hydrogen (secondary N) is 2. The van der Waals surface area contributed by atoms with Gasteiger partial charge in [-0.25, -0.2) is 17.9 Å². The second-order valence-corrected chi connectivity index (χ2v) is 5.98. The number of ether oxygens (including phenoxy) is 1. The van der Waals surface area contributed by atoms with Crippen molar-refractivity contribution in [2.24, 2.45) is 0 Å². The summed E-state index contributed by atoms with van der Waals surface area (Å²) in [5, 5.41) is 2.40. The zero-order valence-electron chi connectivity index (χ0n) is 12.1. The van der Waals surface area contributed by atoms with Crippen LogP contribution in [0.5, 0.6) is 0 Å². The average molecular weight is 314 g/mol. The van der Waals surface area contributed by atoms with E-state index in [2.05, 4.69) is 14.8 Å². The zero-order valence-corrected chi connectivity index (χ0v) is 12.9. The van der Waals surface area contributed by atoms with Crippen LogP contribution in [0.15, 0.2) is 23.1 Å². The van der Waals surface area contributed by atoms with Crippen LogP contribution in [0, 0.1) is 6.92 Å². The van der Waals surface area contributed by atoms with Crippen LogP contribution in [0.1, 0.15) is 22.3 Å². The summed E-state index contributed by atoms with van der Waals surface area (Å²) in [5.74, 6) is -0.868. The molecular formula is C13H18N2O5S. The van der Waals surface area contributed by atoms with Crippen LogP contribution in [0.25, 0.3) is 0 Å². The molecule has 0 saturated heterocycles. The molecule has 0 saturated carbocycles. The molecule has 0 aliphatic carbocycles. The van der Waals surface area contributed by atoms with Gasteiger partial charge >= 0.3 is 5.97 Å². The Hall–Kier alpha value is -1.93. The molecule has 0 atom stereocenters. The second kappa shape index (κ2) is 7.19. The molecule has 0 aliphatic rings. The molecule has 0 aromatic heterocycles. The number of hydrogen-bond donors (Lipinski definition) is 2. The van der Waals surface area contributed by atoms with E-state index in [4.69, 9.17) is 0 Å². The molecule has 1 aromatic carbocycles. The highest BCUT2D eigenvalue weighted by molar-refractivity contribution is 7.89. The lowest BCUT2D eigenvalue weighted by atomic mass is 10.1. The third kappa shape index (κ3) is 4.27. The molecule has 1 rings (SSSR count). The van der Waals surface area contributed by atoms with E-state index in [1.807, 2.05) is 0 Å². The summed E-state index contributed by atoms with van der Waals surface area (Å²) >= 11 is 0. The van der Waals surface area contributed by atoms with Gasteiger partial charge in [0.15, 0.2) is 0 Å². The zero-order chi connectivity index (χ0) is 16.0. The van der Waals surface area contributed by atoms with E-state index >= 15 is 0 Å². The highest BCUT2D eigenvalue weighted by atomic mass is 32.2. The number of esters is 1. The molecule has 0 aliphatic heterocycles. The van der Waals surface area contributed by atoms with Crippen molar-refractivity contribution in [2.75, 3.05) is 20.7 Å². The quantitative estimate of drug-likeness (QED) is 0.730. The minimum absolute atomic E-state index is 0.0118. The van der Waals surface area contributed by atoms with Crippen LogP contribution >= 0.6 is 0 Å². The maximum absolute atomic E-state index is 12.2. The van der Waals surface area contributed by atoms with E-state index < -0.39 is 16.0 Å². The van der Waals surface area contributed by atoms with Gasteiger partial charge in [0.25, 0.3) is 0 Å². The molecule has 1 amide bonds. The van der Waals surface area contributed by atoms with Crippen LogP contribution in [0.3, 0.4) is 0 Å². The van der Waals surface area contributed by atoms with E-state index in [9.17, 15) is 18.0 Å². The van der Waals surface area contributed by atoms with Gasteiger partial charge in [-0.05, 0) is 24.6 Å². The maximum atomic E-state index is 12.2. The summed E-state index contributed by atoms with van der Waals surface area (Å²) in [7, 11) is -1.10. The fourth-order valence-corrected chi connectivity index (χ4v) is 3.04. The predicted octanol–water partition coefficient (Wildman–Crippen LogP) is 0.196. The van der Waals surface area contributed by atoms with E-state index in [1.165, 1.54) is 39.3 Å². The first-order valence-electron chi connectivity index (χ1n) is 6.21. The third-order valence-corrected chi connectivity index (χ3v) is 4.51. The minimum Gasteiger partial charge on any atom is -0.465 e. The van der Waals surface area contributed by atoms with Crippen molar-refractivity contribution >= 4 is 21.9 Å². The highest BCUT2D eigenvalue weighted by Gasteiger charge is 2.21. The first-order chi connectivity index (χ1) is 9.83. The fourth-order valence-electron chi connectivity index (χ4n) is 1.74. The number of rotatable bonds is 6. The van der Waals surface area contributed by atoms with E-state index in [0.29, 0.717) is 5.56 Å². The molecule has 8 heteroatoms. The Morgan fingerprint density at radius 1 is 1.29 bits per heavy atom. The molecular weight excluding hydrogens is 296 g/mol. The van der Waals surface area contributed by atoms with Crippen LogP contribution in [0.4, 0.5) is 0 Å². The van der Waals surface area contributed by atoms with Crippen molar-refractivity contribution in [2.45, 2.75) is 18.2 Å². The molecule has 0 bridgehead atoms. The molecule has 116 valence electrons. The largest absolute Gasteiger partial charge is 0.465 e. The van der Waals surface area contributed by atoms with Crippen molar-refractivity contribution in [1.29, 1.82) is 0 Å². The summed E-state index contributed by atoms with van der Waals surface area (Å²) < 4.78 is 31.3. The molecule has 0 unspecified atom stereocenters. The van der Waals surface area contributed by atoms with Gasteiger partial charge in [-0.2, -0.15) is 0 Å². The molecule has 21 heavy (non-hydrogen) atoms. The Kier molecular flexibility index (Phi) is 5.86. The molecule has 0 spiro atoms. The monoisotopic (exact) mass is 314 g/mol. The Labute approximate surface area is 123 Å². The van der Waals surface area contributed by atoms with Crippen molar-refractivity contribution in [1.82, 2.24) is 10.0 Å². The van der Waals surface area contributed by atoms with Crippen molar-refractivity contribution in [3.05, 3.63) is 29.3 Å². The Bertz CT molecular complexity index is 640. The van der Waals surface area contributed by atoms with Gasteiger partial charge in [-0.1, -0.05) is 6.07 Å². The van der Waals surface area contributed by atoms with Crippen molar-refractivity contribution < 1.29 is 22.7 Å². The van der Waals surface area contributed by atoms with Crippen LogP contribution in [-0.2, 0) is 19.6 Å². The molecule has 0 heterocycles. The van der Waals surface area contributed by atoms with E-state index in [-0.39, 0.29) is 29.3 Å². The molecule has 0 radical (unpaired) electrons. The van der Waals surface area contributed by atoms with Gasteiger partial charge in [0, 0.05) is 20.0 Å². The molecule has 0 fully saturated rings. The van der Waals surface area contributed by atoms with Crippen LogP contribution < -0.4 is 10.0 Å². The Balaban J connectivity index is 2.98. The SMILES string of the molecule is CNC(=O)CCNS(=O)(=O)c1cccc(C(=O)OC)c1C. The van der Waals surface area contributed by atoms with Crippen LogP contribution in [-0.4, -0.2) is 41.0 Å². The summed E-state index contributed by atoms with van der Waals surface area (Å²) in [5.41, 5.74) is 0.489. The minimum atomic E-state index is -3.80. The highest BCUT2D eigenvalue weighted by Crippen LogP contribution is 2.19. The third-order valence-electron chi connectivity index (χ3n) is 2.90. The number of sulfonamides is 1. The topological polar surface area (TPSA) is 102 Å².